The zero-order valence-corrected chi connectivity index (χ0v) is 27.1. The van der Waals surface area contributed by atoms with Gasteiger partial charge >= 0.3 is 23.9 Å². The van der Waals surface area contributed by atoms with Crippen molar-refractivity contribution in [2.24, 2.45) is 17.3 Å². The van der Waals surface area contributed by atoms with Crippen molar-refractivity contribution in [3.05, 3.63) is 102 Å². The lowest BCUT2D eigenvalue weighted by molar-refractivity contribution is -0.294. The molecule has 1 aromatic heterocycles. The van der Waals surface area contributed by atoms with Gasteiger partial charge in [0.25, 0.3) is 0 Å². The summed E-state index contributed by atoms with van der Waals surface area (Å²) in [6, 6.07) is 20.2. The van der Waals surface area contributed by atoms with Gasteiger partial charge in [-0.1, -0.05) is 43.3 Å². The number of fused-ring (bicyclic) bond motifs is 1. The van der Waals surface area contributed by atoms with Crippen LogP contribution in [0.4, 0.5) is 0 Å². The van der Waals surface area contributed by atoms with Crippen molar-refractivity contribution < 1.29 is 42.9 Å². The monoisotopic (exact) mass is 641 g/mol. The number of carbonyl (C=O) groups excluding carboxylic acids is 4. The van der Waals surface area contributed by atoms with Gasteiger partial charge in [-0.25, -0.2) is 14.4 Å². The van der Waals surface area contributed by atoms with Gasteiger partial charge in [0.1, 0.15) is 23.9 Å². The average molecular weight is 642 g/mol. The second-order valence-electron chi connectivity index (χ2n) is 13.4. The molecule has 3 fully saturated rings. The Bertz CT molecular complexity index is 1650. The smallest absolute Gasteiger partial charge is 0.339 e. The number of carbonyl (C=O) groups is 4. The molecule has 6 rings (SSSR count). The number of hydrogen-bond acceptors (Lipinski definition) is 10. The number of nitrogens with zero attached hydrogens (tertiary/aromatic N) is 1. The Morgan fingerprint density at radius 2 is 1.30 bits per heavy atom. The molecular weight excluding hydrogens is 602 g/mol. The molecule has 8 atom stereocenters. The number of aromatic nitrogens is 1. The van der Waals surface area contributed by atoms with E-state index in [9.17, 15) is 19.2 Å². The predicted octanol–water partition coefficient (Wildman–Crippen LogP) is 5.60. The molecule has 0 amide bonds. The maximum Gasteiger partial charge on any atom is 0.339 e. The third-order valence-corrected chi connectivity index (χ3v) is 10.3. The summed E-state index contributed by atoms with van der Waals surface area (Å²) in [5, 5.41) is 0. The Hall–Kier alpha value is -4.57. The Kier molecular flexibility index (Phi) is 8.42. The molecule has 3 aliphatic rings. The normalized spacial score (nSPS) is 31.9. The highest BCUT2D eigenvalue weighted by Gasteiger charge is 2.82. The first-order valence-corrected chi connectivity index (χ1v) is 15.9. The summed E-state index contributed by atoms with van der Waals surface area (Å²) in [5.41, 5.74) is -2.89. The van der Waals surface area contributed by atoms with E-state index in [0.717, 1.165) is 0 Å². The molecule has 1 aliphatic heterocycles. The van der Waals surface area contributed by atoms with E-state index in [0.29, 0.717) is 24.0 Å². The van der Waals surface area contributed by atoms with Crippen LogP contribution < -0.4 is 0 Å². The van der Waals surface area contributed by atoms with E-state index in [1.54, 1.807) is 79.0 Å². The summed E-state index contributed by atoms with van der Waals surface area (Å²) < 4.78 is 32.3. The van der Waals surface area contributed by atoms with Gasteiger partial charge < -0.3 is 23.7 Å². The standard InChI is InChI=1S/C37H39NO9/c1-22-18-19-27(44-34(42)26-17-12-20-38-21-26)36(5)31(46-33(41)25-15-10-7-11-16-25)29(45-32(40)24-13-8-6-9-14-24)28-30(43-23(2)39)37(22,36)47-35(28,3)4/h6-17,20-22,27-31H,18-19H2,1-5H3/t22-,27+,28-,29-,30-,31-,36+,37-/m1/s1. The van der Waals surface area contributed by atoms with Gasteiger partial charge in [-0.3, -0.25) is 9.78 Å². The van der Waals surface area contributed by atoms with Crippen LogP contribution in [0.1, 0.15) is 78.5 Å². The second kappa shape index (κ2) is 12.2. The fraction of sp³-hybridized carbons (Fsp3) is 0.432. The van der Waals surface area contributed by atoms with Gasteiger partial charge in [0.05, 0.1) is 33.6 Å². The van der Waals surface area contributed by atoms with Crippen LogP contribution in [0, 0.1) is 17.3 Å². The third kappa shape index (κ3) is 5.38. The quantitative estimate of drug-likeness (QED) is 0.238. The maximum absolute atomic E-state index is 13.9. The molecule has 0 unspecified atom stereocenters. The van der Waals surface area contributed by atoms with Crippen molar-refractivity contribution in [2.45, 2.75) is 83.1 Å². The average Bonchev–Trinajstić information content (AvgIpc) is 3.26. The minimum Gasteiger partial charge on any atom is -0.459 e. The molecule has 10 nitrogen and oxygen atoms in total. The number of pyridine rings is 1. The minimum atomic E-state index is -1.38. The summed E-state index contributed by atoms with van der Waals surface area (Å²) in [5.74, 6) is -3.47. The largest absolute Gasteiger partial charge is 0.459 e. The van der Waals surface area contributed by atoms with Crippen molar-refractivity contribution in [1.82, 2.24) is 4.98 Å². The molecule has 2 bridgehead atoms. The molecule has 2 heterocycles. The molecule has 1 spiro atoms. The molecule has 246 valence electrons. The van der Waals surface area contributed by atoms with Crippen molar-refractivity contribution >= 4 is 23.9 Å². The lowest BCUT2D eigenvalue weighted by atomic mass is 9.48. The Morgan fingerprint density at radius 3 is 1.87 bits per heavy atom. The van der Waals surface area contributed by atoms with Gasteiger partial charge in [0.2, 0.25) is 0 Å². The predicted molar refractivity (Wildman–Crippen MR) is 168 cm³/mol. The van der Waals surface area contributed by atoms with E-state index in [2.05, 4.69) is 4.98 Å². The topological polar surface area (TPSA) is 127 Å². The summed E-state index contributed by atoms with van der Waals surface area (Å²) in [7, 11) is 0. The Labute approximate surface area is 273 Å². The number of rotatable bonds is 7. The van der Waals surface area contributed by atoms with E-state index < -0.39 is 70.8 Å². The maximum atomic E-state index is 13.9. The van der Waals surface area contributed by atoms with Crippen molar-refractivity contribution in [3.63, 3.8) is 0 Å². The van der Waals surface area contributed by atoms with Gasteiger partial charge in [-0.05, 0) is 75.9 Å². The van der Waals surface area contributed by atoms with Crippen LogP contribution in [0.25, 0.3) is 0 Å². The second-order valence-corrected chi connectivity index (χ2v) is 13.4. The number of esters is 4. The van der Waals surface area contributed by atoms with Gasteiger partial charge in [-0.15, -0.1) is 0 Å². The molecule has 2 saturated carbocycles. The lowest BCUT2D eigenvalue weighted by Crippen LogP contribution is -2.76. The molecule has 2 aliphatic carbocycles. The van der Waals surface area contributed by atoms with E-state index in [1.165, 1.54) is 13.1 Å². The van der Waals surface area contributed by atoms with Crippen LogP contribution in [-0.2, 0) is 28.5 Å². The van der Waals surface area contributed by atoms with Crippen LogP contribution in [-0.4, -0.2) is 64.5 Å². The number of hydrogen-bond donors (Lipinski definition) is 0. The third-order valence-electron chi connectivity index (χ3n) is 10.3. The summed E-state index contributed by atoms with van der Waals surface area (Å²) in [6.45, 7) is 8.85. The fourth-order valence-corrected chi connectivity index (χ4v) is 8.24. The van der Waals surface area contributed by atoms with Crippen molar-refractivity contribution in [3.8, 4) is 0 Å². The zero-order chi connectivity index (χ0) is 33.6. The molecule has 3 aromatic rings. The van der Waals surface area contributed by atoms with Gasteiger partial charge in [-0.2, -0.15) is 0 Å². The highest BCUT2D eigenvalue weighted by Crippen LogP contribution is 2.68. The van der Waals surface area contributed by atoms with Crippen LogP contribution in [0.3, 0.4) is 0 Å². The lowest BCUT2D eigenvalue weighted by Gasteiger charge is -2.62. The van der Waals surface area contributed by atoms with Crippen LogP contribution >= 0.6 is 0 Å². The van der Waals surface area contributed by atoms with E-state index in [-0.39, 0.29) is 11.5 Å². The zero-order valence-electron chi connectivity index (χ0n) is 27.1. The Balaban J connectivity index is 1.54. The van der Waals surface area contributed by atoms with Crippen molar-refractivity contribution in [1.29, 1.82) is 0 Å². The van der Waals surface area contributed by atoms with Gasteiger partial charge in [0.15, 0.2) is 6.10 Å². The fourth-order valence-electron chi connectivity index (χ4n) is 8.24. The molecular formula is C37H39NO9. The molecule has 10 heteroatoms. The first-order valence-electron chi connectivity index (χ1n) is 15.9. The van der Waals surface area contributed by atoms with Crippen molar-refractivity contribution in [2.75, 3.05) is 0 Å². The minimum absolute atomic E-state index is 0.242. The van der Waals surface area contributed by atoms with Crippen LogP contribution in [0.5, 0.6) is 0 Å². The summed E-state index contributed by atoms with van der Waals surface area (Å²) >= 11 is 0. The Morgan fingerprint density at radius 1 is 0.723 bits per heavy atom. The first-order chi connectivity index (χ1) is 22.4. The molecule has 0 radical (unpaired) electrons. The molecule has 2 aromatic carbocycles. The number of ether oxygens (including phenoxy) is 5. The van der Waals surface area contributed by atoms with E-state index in [1.807, 2.05) is 27.7 Å². The molecule has 0 N–H and O–H groups in total. The van der Waals surface area contributed by atoms with E-state index >= 15 is 0 Å². The van der Waals surface area contributed by atoms with Crippen LogP contribution in [0.15, 0.2) is 85.2 Å². The number of benzene rings is 2. The first kappa shape index (κ1) is 32.4. The highest BCUT2D eigenvalue weighted by molar-refractivity contribution is 5.91. The SMILES string of the molecule is CC(=O)O[C@@H]1[C@H]2[C@@H](OC(=O)c3ccccc3)[C@@H](OC(=O)c3ccccc3)[C@]3(C)[C@@H](OC(=O)c4cccnc4)CC[C@@H](C)[C@@]13OC2(C)C. The van der Waals surface area contributed by atoms with Crippen LogP contribution in [0.2, 0.25) is 0 Å². The summed E-state index contributed by atoms with van der Waals surface area (Å²) in [6.07, 6.45) is -0.297. The summed E-state index contributed by atoms with van der Waals surface area (Å²) in [4.78, 5) is 58.2. The highest BCUT2D eigenvalue weighted by atomic mass is 16.6. The van der Waals surface area contributed by atoms with E-state index in [4.69, 9.17) is 23.7 Å². The molecule has 47 heavy (non-hydrogen) atoms. The van der Waals surface area contributed by atoms with Gasteiger partial charge in [0, 0.05) is 19.3 Å². The molecule has 1 saturated heterocycles.